The zero-order valence-corrected chi connectivity index (χ0v) is 25.7. The predicted molar refractivity (Wildman–Crippen MR) is 166 cm³/mol. The molecular formula is C27H35N13O6S. The topological polar surface area (TPSA) is 328 Å². The Kier molecular flexibility index (Phi) is 11.2. The lowest BCUT2D eigenvalue weighted by Gasteiger charge is -2.43. The van der Waals surface area contributed by atoms with E-state index in [2.05, 4.69) is 52.5 Å². The molecule has 0 aromatic carbocycles. The van der Waals surface area contributed by atoms with Crippen LogP contribution in [0.5, 0.6) is 0 Å². The van der Waals surface area contributed by atoms with Gasteiger partial charge in [-0.2, -0.15) is 12.6 Å². The molecule has 0 spiro atoms. The molecule has 250 valence electrons. The molecule has 0 aliphatic rings. The Morgan fingerprint density at radius 2 is 1.00 bits per heavy atom. The van der Waals surface area contributed by atoms with Crippen molar-refractivity contribution < 1.29 is 29.1 Å². The summed E-state index contributed by atoms with van der Waals surface area (Å²) < 4.78 is 0. The molecule has 20 heteroatoms. The number of H-pyrrole nitrogens is 4. The largest absolute Gasteiger partial charge is 0.479 e. The Morgan fingerprint density at radius 3 is 1.32 bits per heavy atom. The number of aromatic amines is 4. The lowest BCUT2D eigenvalue weighted by Crippen LogP contribution is -2.76. The minimum absolute atomic E-state index is 0.105. The number of aliphatic carboxylic acids is 1. The number of carboxylic acids is 1. The van der Waals surface area contributed by atoms with E-state index in [-0.39, 0.29) is 47.7 Å². The minimum atomic E-state index is -3.39. The van der Waals surface area contributed by atoms with Gasteiger partial charge >= 0.3 is 5.97 Å². The van der Waals surface area contributed by atoms with Crippen molar-refractivity contribution in [3.8, 4) is 0 Å². The lowest BCUT2D eigenvalue weighted by atomic mass is 9.78. The van der Waals surface area contributed by atoms with Gasteiger partial charge in [0.15, 0.2) is 11.6 Å². The van der Waals surface area contributed by atoms with Crippen molar-refractivity contribution in [1.29, 1.82) is 0 Å². The summed E-state index contributed by atoms with van der Waals surface area (Å²) in [4.78, 5) is 97.4. The molecule has 0 saturated carbocycles. The number of aromatic nitrogens is 8. The third-order valence-corrected chi connectivity index (χ3v) is 8.06. The number of carbonyl (C=O) groups excluding carboxylic acids is 4. The molecule has 0 fully saturated rings. The van der Waals surface area contributed by atoms with Crippen LogP contribution in [0, 0.1) is 0 Å². The normalized spacial score (nSPS) is 15.9. The number of imidazole rings is 4. The van der Waals surface area contributed by atoms with E-state index < -0.39 is 64.3 Å². The zero-order valence-electron chi connectivity index (χ0n) is 24.8. The fourth-order valence-electron chi connectivity index (χ4n) is 5.04. The highest BCUT2D eigenvalue weighted by molar-refractivity contribution is 7.82. The number of nitrogens with two attached hydrogens (primary N) is 4. The van der Waals surface area contributed by atoms with Crippen LogP contribution >= 0.6 is 12.6 Å². The smallest absolute Gasteiger partial charge is 0.339 e. The third-order valence-electron chi connectivity index (χ3n) is 7.43. The predicted octanol–water partition coefficient (Wildman–Crippen LogP) is -3.23. The second kappa shape index (κ2) is 15.0. The molecule has 0 saturated heterocycles. The van der Waals surface area contributed by atoms with Crippen molar-refractivity contribution >= 4 is 42.0 Å². The molecule has 0 bridgehead atoms. The van der Waals surface area contributed by atoms with Gasteiger partial charge in [-0.15, -0.1) is 0 Å². The maximum absolute atomic E-state index is 14.5. The summed E-state index contributed by atoms with van der Waals surface area (Å²) in [6, 6.07) is -6.52. The van der Waals surface area contributed by atoms with Crippen LogP contribution in [0.2, 0.25) is 0 Å². The van der Waals surface area contributed by atoms with Crippen LogP contribution < -0.4 is 22.9 Å². The summed E-state index contributed by atoms with van der Waals surface area (Å²) in [6.07, 6.45) is 9.85. The summed E-state index contributed by atoms with van der Waals surface area (Å²) in [5.41, 5.74) is 22.7. The molecule has 6 unspecified atom stereocenters. The van der Waals surface area contributed by atoms with E-state index >= 15 is 0 Å². The lowest BCUT2D eigenvalue weighted by molar-refractivity contribution is -0.173. The molecular weight excluding hydrogens is 634 g/mol. The Labute approximate surface area is 272 Å². The van der Waals surface area contributed by atoms with Crippen LogP contribution in [0.1, 0.15) is 22.8 Å². The first-order chi connectivity index (χ1) is 22.4. The Hall–Kier alpha value is -5.02. The fraction of sp³-hybridized carbons (Fsp3) is 0.370. The van der Waals surface area contributed by atoms with E-state index in [4.69, 9.17) is 22.9 Å². The number of nitrogens with zero attached hydrogens (tertiary/aromatic N) is 5. The standard InChI is InChI=1S/C27H35N13O6S/c28-17(1-13-5-32-9-36-13)21(41)23(47)27(26(45)46,22(42)18(29)2-14-6-33-10-37-14)40(24(43)19(30)3-15-7-34-11-38-15)25(44)20(31)4-16-8-35-12-39-16/h5-12,17-20,23,47H,1-4,28-31H2,(H,32,36)(H,33,37)(H,34,38)(H,35,39)(H,45,46). The number of hydrogen-bond donors (Lipinski definition) is 10. The molecule has 4 rings (SSSR count). The van der Waals surface area contributed by atoms with Crippen LogP contribution in [-0.2, 0) is 49.7 Å². The van der Waals surface area contributed by atoms with Crippen molar-refractivity contribution in [2.24, 2.45) is 22.9 Å². The van der Waals surface area contributed by atoms with E-state index in [9.17, 15) is 29.1 Å². The first-order valence-corrected chi connectivity index (χ1v) is 14.7. The van der Waals surface area contributed by atoms with Crippen molar-refractivity contribution in [1.82, 2.24) is 44.8 Å². The molecule has 47 heavy (non-hydrogen) atoms. The van der Waals surface area contributed by atoms with E-state index in [0.29, 0.717) is 5.69 Å². The summed E-state index contributed by atoms with van der Waals surface area (Å²) in [7, 11) is 0. The summed E-state index contributed by atoms with van der Waals surface area (Å²) >= 11 is 4.33. The highest BCUT2D eigenvalue weighted by Gasteiger charge is 2.64. The van der Waals surface area contributed by atoms with Crippen molar-refractivity contribution in [3.63, 3.8) is 0 Å². The van der Waals surface area contributed by atoms with Crippen LogP contribution in [0.4, 0.5) is 0 Å². The second-order valence-electron chi connectivity index (χ2n) is 10.7. The van der Waals surface area contributed by atoms with E-state index in [0.717, 1.165) is 0 Å². The average molecular weight is 670 g/mol. The fourth-order valence-corrected chi connectivity index (χ4v) is 5.59. The number of carbonyl (C=O) groups is 5. The molecule has 0 aliphatic carbocycles. The van der Waals surface area contributed by atoms with Gasteiger partial charge in [-0.1, -0.05) is 0 Å². The van der Waals surface area contributed by atoms with Gasteiger partial charge in [0.25, 0.3) is 0 Å². The van der Waals surface area contributed by atoms with Gasteiger partial charge in [0.1, 0.15) is 5.25 Å². The minimum Gasteiger partial charge on any atom is -0.479 e. The van der Waals surface area contributed by atoms with Crippen LogP contribution in [0.15, 0.2) is 50.1 Å². The number of hydrogen-bond acceptors (Lipinski definition) is 14. The zero-order chi connectivity index (χ0) is 34.3. The maximum atomic E-state index is 14.5. The van der Waals surface area contributed by atoms with Gasteiger partial charge < -0.3 is 48.0 Å². The summed E-state index contributed by atoms with van der Waals surface area (Å²) in [5, 5.41) is 8.70. The number of ketones is 2. The molecule has 13 N–H and O–H groups in total. The molecule has 6 atom stereocenters. The Balaban J connectivity index is 1.87. The number of amides is 2. The third kappa shape index (κ3) is 7.52. The molecule has 4 heterocycles. The van der Waals surface area contributed by atoms with Crippen LogP contribution in [-0.4, -0.2) is 114 Å². The van der Waals surface area contributed by atoms with E-state index in [1.807, 2.05) is 0 Å². The number of nitrogens with one attached hydrogen (secondary N) is 4. The number of Topliss-reactive ketones (excluding diaryl/α,β-unsaturated/α-hetero) is 2. The molecule has 19 nitrogen and oxygen atoms in total. The van der Waals surface area contributed by atoms with Gasteiger partial charge in [-0.05, 0) is 0 Å². The molecule has 4 aromatic heterocycles. The van der Waals surface area contributed by atoms with E-state index in [1.54, 1.807) is 0 Å². The molecule has 2 amide bonds. The second-order valence-corrected chi connectivity index (χ2v) is 11.3. The molecule has 0 aliphatic heterocycles. The van der Waals surface area contributed by atoms with Crippen molar-refractivity contribution in [3.05, 3.63) is 72.9 Å². The highest BCUT2D eigenvalue weighted by Crippen LogP contribution is 2.32. The van der Waals surface area contributed by atoms with Crippen LogP contribution in [0.3, 0.4) is 0 Å². The Bertz CT molecular complexity index is 1590. The SMILES string of the molecule is NC(Cc1c[nH]cn1)C(=O)C(S)C(C(=O)O)(C(=O)C(N)Cc1c[nH]cn1)N(C(=O)C(N)Cc1c[nH]cn1)C(=O)C(N)Cc1c[nH]cn1. The first kappa shape index (κ1) is 34.8. The molecule has 4 aromatic rings. The first-order valence-electron chi connectivity index (χ1n) is 14.2. The summed E-state index contributed by atoms with van der Waals surface area (Å²) in [5.74, 6) is -7.34. The summed E-state index contributed by atoms with van der Waals surface area (Å²) in [6.45, 7) is 0. The maximum Gasteiger partial charge on any atom is 0.339 e. The van der Waals surface area contributed by atoms with Crippen molar-refractivity contribution in [2.75, 3.05) is 0 Å². The number of imide groups is 1. The highest BCUT2D eigenvalue weighted by atomic mass is 32.1. The monoisotopic (exact) mass is 669 g/mol. The van der Waals surface area contributed by atoms with Crippen molar-refractivity contribution in [2.45, 2.75) is 60.6 Å². The average Bonchev–Trinajstić information content (AvgIpc) is 3.88. The quantitative estimate of drug-likeness (QED) is 0.0390. The van der Waals surface area contributed by atoms with Gasteiger partial charge in [0.2, 0.25) is 17.4 Å². The van der Waals surface area contributed by atoms with E-state index in [1.165, 1.54) is 50.1 Å². The van der Waals surface area contributed by atoms with Crippen LogP contribution in [0.25, 0.3) is 0 Å². The van der Waals surface area contributed by atoms with Gasteiger partial charge in [0, 0.05) is 50.5 Å². The molecule has 0 radical (unpaired) electrons. The number of rotatable bonds is 17. The van der Waals surface area contributed by atoms with Gasteiger partial charge in [-0.25, -0.2) is 24.7 Å². The number of carboxylic acid groups (broad SMARTS) is 1. The van der Waals surface area contributed by atoms with Gasteiger partial charge in [0.05, 0.1) is 72.3 Å². The Morgan fingerprint density at radius 1 is 0.660 bits per heavy atom. The van der Waals surface area contributed by atoms with Gasteiger partial charge in [-0.3, -0.25) is 24.1 Å². The number of thiol groups is 1.